The van der Waals surface area contributed by atoms with Crippen LogP contribution in [0.25, 0.3) is 0 Å². The van der Waals surface area contributed by atoms with Gasteiger partial charge in [0.2, 0.25) is 0 Å². The van der Waals surface area contributed by atoms with E-state index in [0.717, 1.165) is 13.0 Å². The Hall–Kier alpha value is -0.520. The van der Waals surface area contributed by atoms with Gasteiger partial charge in [0.15, 0.2) is 0 Å². The SMILES string of the molecule is CCC(O)CC#CCN(C)C. The molecule has 0 aliphatic rings. The van der Waals surface area contributed by atoms with Gasteiger partial charge < -0.3 is 5.11 Å². The quantitative estimate of drug-likeness (QED) is 0.607. The molecular weight excluding hydrogens is 138 g/mol. The fraction of sp³-hybridized carbons (Fsp3) is 0.778. The Balaban J connectivity index is 3.40. The van der Waals surface area contributed by atoms with Crippen LogP contribution in [-0.2, 0) is 0 Å². The first-order chi connectivity index (χ1) is 5.16. The zero-order valence-electron chi connectivity index (χ0n) is 7.59. The standard InChI is InChI=1S/C9H17NO/c1-4-9(11)7-5-6-8-10(2)3/h9,11H,4,7-8H2,1-3H3. The molecule has 0 radical (unpaired) electrons. The minimum atomic E-state index is -0.246. The molecule has 0 aliphatic heterocycles. The van der Waals surface area contributed by atoms with Crippen LogP contribution >= 0.6 is 0 Å². The number of rotatable bonds is 3. The largest absolute Gasteiger partial charge is 0.392 e. The topological polar surface area (TPSA) is 23.5 Å². The van der Waals surface area contributed by atoms with Crippen LogP contribution in [0.5, 0.6) is 0 Å². The van der Waals surface area contributed by atoms with Gasteiger partial charge in [-0.1, -0.05) is 18.8 Å². The van der Waals surface area contributed by atoms with E-state index in [1.165, 1.54) is 0 Å². The summed E-state index contributed by atoms with van der Waals surface area (Å²) in [6.07, 6.45) is 1.14. The van der Waals surface area contributed by atoms with Gasteiger partial charge in [0.1, 0.15) is 0 Å². The highest BCUT2D eigenvalue weighted by molar-refractivity contribution is 5.01. The summed E-state index contributed by atoms with van der Waals surface area (Å²) in [5.41, 5.74) is 0. The molecule has 0 rings (SSSR count). The molecule has 11 heavy (non-hydrogen) atoms. The maximum absolute atomic E-state index is 9.11. The average Bonchev–Trinajstić information content (AvgIpc) is 1.97. The number of hydrogen-bond donors (Lipinski definition) is 1. The Kier molecular flexibility index (Phi) is 5.91. The molecule has 2 nitrogen and oxygen atoms in total. The first-order valence-corrected chi connectivity index (χ1v) is 3.95. The van der Waals surface area contributed by atoms with Gasteiger partial charge in [0.25, 0.3) is 0 Å². The molecule has 0 fully saturated rings. The third-order valence-corrected chi connectivity index (χ3v) is 1.33. The molecule has 1 unspecified atom stereocenters. The van der Waals surface area contributed by atoms with E-state index >= 15 is 0 Å². The predicted molar refractivity (Wildman–Crippen MR) is 47.2 cm³/mol. The lowest BCUT2D eigenvalue weighted by Crippen LogP contribution is -2.11. The maximum atomic E-state index is 9.11. The van der Waals surface area contributed by atoms with Crippen molar-refractivity contribution >= 4 is 0 Å². The van der Waals surface area contributed by atoms with Gasteiger partial charge in [-0.25, -0.2) is 0 Å². The Morgan fingerprint density at radius 1 is 1.36 bits per heavy atom. The van der Waals surface area contributed by atoms with Crippen LogP contribution in [0.1, 0.15) is 19.8 Å². The normalized spacial score (nSPS) is 12.5. The van der Waals surface area contributed by atoms with Crippen LogP contribution in [0.3, 0.4) is 0 Å². The van der Waals surface area contributed by atoms with Gasteiger partial charge in [0, 0.05) is 6.42 Å². The molecule has 0 aromatic rings. The molecule has 2 heteroatoms. The maximum Gasteiger partial charge on any atom is 0.0646 e. The van der Waals surface area contributed by atoms with Crippen LogP contribution < -0.4 is 0 Å². The van der Waals surface area contributed by atoms with E-state index < -0.39 is 0 Å². The molecule has 0 aliphatic carbocycles. The second-order valence-corrected chi connectivity index (χ2v) is 2.86. The Morgan fingerprint density at radius 3 is 2.45 bits per heavy atom. The molecule has 64 valence electrons. The van der Waals surface area contributed by atoms with Crippen LogP contribution in [-0.4, -0.2) is 36.8 Å². The van der Waals surface area contributed by atoms with Crippen molar-refractivity contribution in [2.75, 3.05) is 20.6 Å². The molecule has 0 saturated heterocycles. The van der Waals surface area contributed by atoms with Gasteiger partial charge in [-0.15, -0.1) is 0 Å². The van der Waals surface area contributed by atoms with Crippen molar-refractivity contribution in [3.63, 3.8) is 0 Å². The lowest BCUT2D eigenvalue weighted by molar-refractivity contribution is 0.176. The number of hydrogen-bond acceptors (Lipinski definition) is 2. The molecule has 0 heterocycles. The van der Waals surface area contributed by atoms with Crippen LogP contribution in [0, 0.1) is 11.8 Å². The molecule has 1 atom stereocenters. The van der Waals surface area contributed by atoms with E-state index in [4.69, 9.17) is 5.11 Å². The van der Waals surface area contributed by atoms with E-state index in [0.29, 0.717) is 6.42 Å². The molecule has 1 N–H and O–H groups in total. The molecular formula is C9H17NO. The predicted octanol–water partition coefficient (Wildman–Crippen LogP) is 0.712. The minimum absolute atomic E-state index is 0.246. The molecule has 0 aromatic carbocycles. The minimum Gasteiger partial charge on any atom is -0.392 e. The van der Waals surface area contributed by atoms with Gasteiger partial charge >= 0.3 is 0 Å². The summed E-state index contributed by atoms with van der Waals surface area (Å²) in [7, 11) is 3.95. The van der Waals surface area contributed by atoms with Gasteiger partial charge in [0.05, 0.1) is 12.6 Å². The van der Waals surface area contributed by atoms with Crippen LogP contribution in [0.2, 0.25) is 0 Å². The Bertz CT molecular complexity index is 143. The van der Waals surface area contributed by atoms with Gasteiger partial charge in [-0.3, -0.25) is 4.90 Å². The van der Waals surface area contributed by atoms with Crippen molar-refractivity contribution in [2.45, 2.75) is 25.9 Å². The first-order valence-electron chi connectivity index (χ1n) is 3.95. The molecule has 0 bridgehead atoms. The number of aliphatic hydroxyl groups is 1. The van der Waals surface area contributed by atoms with Gasteiger partial charge in [-0.2, -0.15) is 0 Å². The van der Waals surface area contributed by atoms with Crippen LogP contribution in [0.4, 0.5) is 0 Å². The summed E-state index contributed by atoms with van der Waals surface area (Å²) in [6, 6.07) is 0. The summed E-state index contributed by atoms with van der Waals surface area (Å²) >= 11 is 0. The summed E-state index contributed by atoms with van der Waals surface area (Å²) in [4.78, 5) is 2.01. The second-order valence-electron chi connectivity index (χ2n) is 2.86. The van der Waals surface area contributed by atoms with E-state index in [9.17, 15) is 0 Å². The lowest BCUT2D eigenvalue weighted by Gasteiger charge is -2.02. The molecule has 0 saturated carbocycles. The Morgan fingerprint density at radius 2 is 2.00 bits per heavy atom. The number of nitrogens with zero attached hydrogens (tertiary/aromatic N) is 1. The van der Waals surface area contributed by atoms with Crippen molar-refractivity contribution in [3.05, 3.63) is 0 Å². The highest BCUT2D eigenvalue weighted by Gasteiger charge is 1.94. The van der Waals surface area contributed by atoms with E-state index in [1.807, 2.05) is 25.9 Å². The first kappa shape index (κ1) is 10.5. The third kappa shape index (κ3) is 7.38. The zero-order chi connectivity index (χ0) is 8.69. The van der Waals surface area contributed by atoms with Crippen molar-refractivity contribution in [1.82, 2.24) is 4.90 Å². The molecule has 0 spiro atoms. The van der Waals surface area contributed by atoms with Crippen molar-refractivity contribution in [2.24, 2.45) is 0 Å². The summed E-state index contributed by atoms with van der Waals surface area (Å²) in [5.74, 6) is 5.89. The second kappa shape index (κ2) is 6.21. The summed E-state index contributed by atoms with van der Waals surface area (Å²) < 4.78 is 0. The van der Waals surface area contributed by atoms with E-state index in [1.54, 1.807) is 0 Å². The fourth-order valence-corrected chi connectivity index (χ4v) is 0.548. The van der Waals surface area contributed by atoms with Gasteiger partial charge in [-0.05, 0) is 20.5 Å². The number of aliphatic hydroxyl groups excluding tert-OH is 1. The Labute approximate surface area is 69.2 Å². The highest BCUT2D eigenvalue weighted by Crippen LogP contribution is 1.93. The zero-order valence-corrected chi connectivity index (χ0v) is 7.59. The van der Waals surface area contributed by atoms with Crippen molar-refractivity contribution < 1.29 is 5.11 Å². The summed E-state index contributed by atoms with van der Waals surface area (Å²) in [5, 5.41) is 9.11. The van der Waals surface area contributed by atoms with Crippen LogP contribution in [0.15, 0.2) is 0 Å². The molecule has 0 aromatic heterocycles. The molecule has 0 amide bonds. The average molecular weight is 155 g/mol. The van der Waals surface area contributed by atoms with Crippen molar-refractivity contribution in [3.8, 4) is 11.8 Å². The third-order valence-electron chi connectivity index (χ3n) is 1.33. The highest BCUT2D eigenvalue weighted by atomic mass is 16.3. The van der Waals surface area contributed by atoms with Crippen molar-refractivity contribution in [1.29, 1.82) is 0 Å². The van der Waals surface area contributed by atoms with E-state index in [2.05, 4.69) is 11.8 Å². The fourth-order valence-electron chi connectivity index (χ4n) is 0.548. The monoisotopic (exact) mass is 155 g/mol. The summed E-state index contributed by atoms with van der Waals surface area (Å²) in [6.45, 7) is 2.73. The lowest BCUT2D eigenvalue weighted by atomic mass is 10.2. The smallest absolute Gasteiger partial charge is 0.0646 e. The van der Waals surface area contributed by atoms with E-state index in [-0.39, 0.29) is 6.10 Å².